The molecule has 28 heavy (non-hydrogen) atoms. The first-order chi connectivity index (χ1) is 13.4. The Morgan fingerprint density at radius 2 is 1.86 bits per heavy atom. The van der Waals surface area contributed by atoms with Crippen molar-refractivity contribution in [3.63, 3.8) is 0 Å². The molecule has 0 N–H and O–H groups in total. The molecule has 0 spiro atoms. The zero-order valence-electron chi connectivity index (χ0n) is 15.7. The third kappa shape index (κ3) is 3.37. The topological polar surface area (TPSA) is 91.1 Å². The van der Waals surface area contributed by atoms with Gasteiger partial charge in [0.05, 0.1) is 26.3 Å². The summed E-state index contributed by atoms with van der Waals surface area (Å²) in [5, 5.41) is 11.8. The summed E-state index contributed by atoms with van der Waals surface area (Å²) in [6.45, 7) is 0.460. The minimum atomic E-state index is -0.638. The lowest BCUT2D eigenvalue weighted by molar-refractivity contribution is -0.386. The van der Waals surface area contributed by atoms with E-state index in [-0.39, 0.29) is 22.8 Å². The van der Waals surface area contributed by atoms with E-state index in [1.54, 1.807) is 4.90 Å². The molecule has 2 aromatic carbocycles. The fourth-order valence-corrected chi connectivity index (χ4v) is 3.82. The van der Waals surface area contributed by atoms with Crippen LogP contribution in [-0.2, 0) is 6.42 Å². The second kappa shape index (κ2) is 8.05. The number of hydrogen-bond donors (Lipinski definition) is 0. The molecule has 1 amide bonds. The monoisotopic (exact) mass is 450 g/mol. The summed E-state index contributed by atoms with van der Waals surface area (Å²) in [6.07, 6.45) is 1.59. The van der Waals surface area contributed by atoms with E-state index >= 15 is 0 Å². The van der Waals surface area contributed by atoms with Crippen molar-refractivity contribution in [2.45, 2.75) is 12.8 Å². The molecule has 0 aromatic heterocycles. The zero-order valence-corrected chi connectivity index (χ0v) is 17.2. The van der Waals surface area contributed by atoms with Crippen molar-refractivity contribution in [1.82, 2.24) is 0 Å². The summed E-state index contributed by atoms with van der Waals surface area (Å²) < 4.78 is 16.6. The van der Waals surface area contributed by atoms with E-state index in [0.29, 0.717) is 6.54 Å². The summed E-state index contributed by atoms with van der Waals surface area (Å²) in [7, 11) is 4.03. The van der Waals surface area contributed by atoms with Crippen LogP contribution in [0.15, 0.2) is 28.7 Å². The first-order valence-corrected chi connectivity index (χ1v) is 9.29. The third-order valence-corrected chi connectivity index (χ3v) is 5.12. The second-order valence-corrected chi connectivity index (χ2v) is 7.05. The average Bonchev–Trinajstić information content (AvgIpc) is 2.70. The lowest BCUT2D eigenvalue weighted by Crippen LogP contribution is -2.36. The maximum absolute atomic E-state index is 13.4. The molecular formula is C19H19BrN2O6. The Morgan fingerprint density at radius 1 is 1.14 bits per heavy atom. The maximum Gasteiger partial charge on any atom is 0.327 e. The molecule has 3 rings (SSSR count). The summed E-state index contributed by atoms with van der Waals surface area (Å²) in [5.74, 6) is -0.393. The Balaban J connectivity index is 2.19. The highest BCUT2D eigenvalue weighted by molar-refractivity contribution is 9.10. The highest BCUT2D eigenvalue weighted by atomic mass is 79.9. The van der Waals surface area contributed by atoms with Gasteiger partial charge in [-0.25, -0.2) is 0 Å². The number of ether oxygens (including phenoxy) is 3. The van der Waals surface area contributed by atoms with Gasteiger partial charge in [-0.05, 0) is 36.6 Å². The van der Waals surface area contributed by atoms with Gasteiger partial charge in [-0.1, -0.05) is 15.9 Å². The van der Waals surface area contributed by atoms with Crippen LogP contribution < -0.4 is 19.1 Å². The smallest absolute Gasteiger partial charge is 0.327 e. The Labute approximate surface area is 170 Å². The van der Waals surface area contributed by atoms with Gasteiger partial charge in [-0.15, -0.1) is 0 Å². The minimum absolute atomic E-state index is 0.0659. The predicted octanol–water partition coefficient (Wildman–Crippen LogP) is 3.98. The summed E-state index contributed by atoms with van der Waals surface area (Å²) >= 11 is 3.44. The van der Waals surface area contributed by atoms with Crippen LogP contribution in [0.25, 0.3) is 0 Å². The zero-order chi connectivity index (χ0) is 20.4. The molecule has 0 fully saturated rings. The van der Waals surface area contributed by atoms with Gasteiger partial charge in [0.15, 0.2) is 5.75 Å². The van der Waals surface area contributed by atoms with Crippen LogP contribution in [0.4, 0.5) is 11.4 Å². The molecule has 0 atom stereocenters. The predicted molar refractivity (Wildman–Crippen MR) is 107 cm³/mol. The van der Waals surface area contributed by atoms with Crippen molar-refractivity contribution in [3.8, 4) is 17.2 Å². The van der Waals surface area contributed by atoms with Gasteiger partial charge in [-0.2, -0.15) is 0 Å². The lowest BCUT2D eigenvalue weighted by atomic mass is 10.00. The number of carbonyl (C=O) groups excluding carboxylic acids is 1. The highest BCUT2D eigenvalue weighted by Crippen LogP contribution is 2.47. The van der Waals surface area contributed by atoms with Gasteiger partial charge < -0.3 is 19.1 Å². The van der Waals surface area contributed by atoms with E-state index < -0.39 is 16.5 Å². The van der Waals surface area contributed by atoms with E-state index in [0.717, 1.165) is 28.6 Å². The normalized spacial score (nSPS) is 12.9. The summed E-state index contributed by atoms with van der Waals surface area (Å²) in [5.41, 5.74) is 1.18. The van der Waals surface area contributed by atoms with E-state index in [9.17, 15) is 14.9 Å². The molecule has 0 bridgehead atoms. The van der Waals surface area contributed by atoms with Crippen LogP contribution in [0, 0.1) is 10.1 Å². The van der Waals surface area contributed by atoms with E-state index in [1.165, 1.54) is 27.4 Å². The van der Waals surface area contributed by atoms with Gasteiger partial charge in [-0.3, -0.25) is 14.9 Å². The maximum atomic E-state index is 13.4. The van der Waals surface area contributed by atoms with Gasteiger partial charge in [0, 0.05) is 22.8 Å². The number of amides is 1. The fraction of sp³-hybridized carbons (Fsp3) is 0.316. The van der Waals surface area contributed by atoms with Crippen molar-refractivity contribution in [3.05, 3.63) is 50.0 Å². The second-order valence-electron chi connectivity index (χ2n) is 6.13. The molecular weight excluding hydrogens is 432 g/mol. The molecule has 0 saturated heterocycles. The van der Waals surface area contributed by atoms with Gasteiger partial charge in [0.25, 0.3) is 5.91 Å². The van der Waals surface area contributed by atoms with Crippen LogP contribution >= 0.6 is 15.9 Å². The molecule has 0 saturated carbocycles. The Kier molecular flexibility index (Phi) is 5.73. The summed E-state index contributed by atoms with van der Waals surface area (Å²) in [6, 6.07) is 6.96. The number of halogens is 1. The molecule has 2 aromatic rings. The fourth-order valence-electron chi connectivity index (χ4n) is 3.41. The first kappa shape index (κ1) is 19.9. The molecule has 0 aliphatic carbocycles. The number of benzene rings is 2. The van der Waals surface area contributed by atoms with Crippen LogP contribution in [-0.4, -0.2) is 38.7 Å². The molecule has 1 aliphatic rings. The van der Waals surface area contributed by atoms with Crippen LogP contribution in [0.2, 0.25) is 0 Å². The number of hydrogen-bond acceptors (Lipinski definition) is 6. The quantitative estimate of drug-likeness (QED) is 0.505. The van der Waals surface area contributed by atoms with Gasteiger partial charge in [0.2, 0.25) is 11.5 Å². The molecule has 0 radical (unpaired) electrons. The van der Waals surface area contributed by atoms with Crippen LogP contribution in [0.5, 0.6) is 17.2 Å². The summed E-state index contributed by atoms with van der Waals surface area (Å²) in [4.78, 5) is 26.1. The molecule has 9 heteroatoms. The lowest BCUT2D eigenvalue weighted by Gasteiger charge is -2.30. The van der Waals surface area contributed by atoms with E-state index in [1.807, 2.05) is 18.2 Å². The molecule has 148 valence electrons. The standard InChI is InChI=1S/C19H19BrN2O6/c1-26-15-10-13(16(22(24)25)18(28-3)17(15)27-2)19(23)21-8-4-5-11-9-12(20)6-7-14(11)21/h6-7,9-10H,4-5,8H2,1-3H3. The number of aryl methyl sites for hydroxylation is 1. The Hall–Kier alpha value is -2.81. The largest absolute Gasteiger partial charge is 0.493 e. The molecule has 8 nitrogen and oxygen atoms in total. The number of fused-ring (bicyclic) bond motifs is 1. The number of anilines is 1. The van der Waals surface area contributed by atoms with Crippen molar-refractivity contribution >= 4 is 33.2 Å². The first-order valence-electron chi connectivity index (χ1n) is 8.50. The molecule has 1 heterocycles. The van der Waals surface area contributed by atoms with Crippen molar-refractivity contribution in [2.75, 3.05) is 32.8 Å². The minimum Gasteiger partial charge on any atom is -0.493 e. The van der Waals surface area contributed by atoms with Crippen molar-refractivity contribution in [1.29, 1.82) is 0 Å². The van der Waals surface area contributed by atoms with Gasteiger partial charge >= 0.3 is 5.69 Å². The van der Waals surface area contributed by atoms with E-state index in [2.05, 4.69) is 15.9 Å². The number of nitrogens with zero attached hydrogens (tertiary/aromatic N) is 2. The highest BCUT2D eigenvalue weighted by Gasteiger charge is 2.35. The van der Waals surface area contributed by atoms with Crippen LogP contribution in [0.3, 0.4) is 0 Å². The van der Waals surface area contributed by atoms with Gasteiger partial charge in [0.1, 0.15) is 5.56 Å². The van der Waals surface area contributed by atoms with E-state index in [4.69, 9.17) is 14.2 Å². The SMILES string of the molecule is COc1cc(C(=O)N2CCCc3cc(Br)ccc32)c([N+](=O)[O-])c(OC)c1OC. The Morgan fingerprint density at radius 3 is 2.46 bits per heavy atom. The number of nitro groups is 1. The van der Waals surface area contributed by atoms with Crippen molar-refractivity contribution < 1.29 is 23.9 Å². The number of rotatable bonds is 5. The van der Waals surface area contributed by atoms with Crippen LogP contribution in [0.1, 0.15) is 22.3 Å². The average molecular weight is 451 g/mol. The van der Waals surface area contributed by atoms with Crippen molar-refractivity contribution in [2.24, 2.45) is 0 Å². The molecule has 0 unspecified atom stereocenters. The number of nitro benzene ring substituents is 1. The number of carbonyl (C=O) groups is 1. The Bertz CT molecular complexity index is 947. The molecule has 1 aliphatic heterocycles. The third-order valence-electron chi connectivity index (χ3n) is 4.62. The number of methoxy groups -OCH3 is 3.